The molecular weight excluding hydrogens is 254 g/mol. The zero-order valence-corrected chi connectivity index (χ0v) is 10.9. The third-order valence-electron chi connectivity index (χ3n) is 2.79. The summed E-state index contributed by atoms with van der Waals surface area (Å²) in [4.78, 5) is 10.6. The van der Waals surface area contributed by atoms with E-state index in [2.05, 4.69) is 5.32 Å². The molecule has 0 aromatic heterocycles. The number of carboxylic acid groups (broad SMARTS) is 1. The minimum absolute atomic E-state index is 0.189. The number of phenolic OH excluding ortho intramolecular Hbond substituents is 1. The largest absolute Gasteiger partial charge is 0.508 e. The Morgan fingerprint density at radius 3 is 2.72 bits per heavy atom. The minimum Gasteiger partial charge on any atom is -0.508 e. The first-order chi connectivity index (χ1) is 8.40. The van der Waals surface area contributed by atoms with Crippen LogP contribution in [-0.4, -0.2) is 27.3 Å². The number of rotatable bonds is 2. The Labute approximate surface area is 109 Å². The van der Waals surface area contributed by atoms with Crippen LogP contribution in [0.3, 0.4) is 0 Å². The first-order valence-corrected chi connectivity index (χ1v) is 6.39. The van der Waals surface area contributed by atoms with Crippen molar-refractivity contribution in [3.8, 4) is 5.75 Å². The molecule has 1 heterocycles. The number of para-hydroxylation sites is 1. The summed E-state index contributed by atoms with van der Waals surface area (Å²) >= 11 is 1.53. The second-order valence-electron chi connectivity index (χ2n) is 4.59. The highest BCUT2D eigenvalue weighted by molar-refractivity contribution is 8.01. The van der Waals surface area contributed by atoms with Gasteiger partial charge in [0.25, 0.3) is 0 Å². The van der Waals surface area contributed by atoms with Crippen LogP contribution in [0.2, 0.25) is 0 Å². The molecule has 5 nitrogen and oxygen atoms in total. The van der Waals surface area contributed by atoms with Crippen molar-refractivity contribution in [3.63, 3.8) is 0 Å². The van der Waals surface area contributed by atoms with Gasteiger partial charge in [0.2, 0.25) is 0 Å². The summed E-state index contributed by atoms with van der Waals surface area (Å²) in [6.45, 7) is 3.80. The molecule has 1 aliphatic heterocycles. The van der Waals surface area contributed by atoms with Gasteiger partial charge < -0.3 is 14.9 Å². The Kier molecular flexibility index (Phi) is 3.41. The lowest BCUT2D eigenvalue weighted by molar-refractivity contribution is 0.0274. The predicted octanol–water partition coefficient (Wildman–Crippen LogP) is 2.53. The molecule has 1 aromatic rings. The molecule has 1 aromatic carbocycles. The molecule has 0 radical (unpaired) electrons. The van der Waals surface area contributed by atoms with Gasteiger partial charge in [0.05, 0.1) is 10.1 Å². The highest BCUT2D eigenvalue weighted by atomic mass is 32.2. The van der Waals surface area contributed by atoms with Crippen molar-refractivity contribution in [2.45, 2.75) is 30.2 Å². The zero-order chi connectivity index (χ0) is 13.3. The Morgan fingerprint density at radius 1 is 1.44 bits per heavy atom. The van der Waals surface area contributed by atoms with Crippen LogP contribution in [0.4, 0.5) is 4.79 Å². The van der Waals surface area contributed by atoms with Crippen molar-refractivity contribution in [2.24, 2.45) is 0 Å². The standard InChI is InChI=1S/C12H15NO4S/c1-12(2)10(17-11(15)16)13-9(18-12)7-5-3-4-6-8(7)14/h3-6,9-10,13-14H,1-2H3,(H,15,16)/t9?,10-/m0/s1. The van der Waals surface area contributed by atoms with Crippen molar-refractivity contribution in [1.82, 2.24) is 5.32 Å². The molecule has 0 spiro atoms. The maximum atomic E-state index is 10.6. The van der Waals surface area contributed by atoms with E-state index in [9.17, 15) is 9.90 Å². The van der Waals surface area contributed by atoms with E-state index in [1.54, 1.807) is 18.2 Å². The molecule has 0 saturated carbocycles. The van der Waals surface area contributed by atoms with E-state index < -0.39 is 17.1 Å². The van der Waals surface area contributed by atoms with Gasteiger partial charge in [0.15, 0.2) is 6.23 Å². The van der Waals surface area contributed by atoms with E-state index in [0.717, 1.165) is 5.56 Å². The number of carbonyl (C=O) groups is 1. The van der Waals surface area contributed by atoms with E-state index in [0.29, 0.717) is 0 Å². The molecule has 18 heavy (non-hydrogen) atoms. The number of hydrogen-bond acceptors (Lipinski definition) is 5. The van der Waals surface area contributed by atoms with E-state index in [1.165, 1.54) is 11.8 Å². The molecule has 1 aliphatic rings. The van der Waals surface area contributed by atoms with Gasteiger partial charge in [-0.3, -0.25) is 5.32 Å². The average molecular weight is 269 g/mol. The number of hydrogen-bond donors (Lipinski definition) is 3. The highest BCUT2D eigenvalue weighted by Gasteiger charge is 2.44. The summed E-state index contributed by atoms with van der Waals surface area (Å²) in [6, 6.07) is 6.99. The van der Waals surface area contributed by atoms with Crippen molar-refractivity contribution in [1.29, 1.82) is 0 Å². The second-order valence-corrected chi connectivity index (χ2v) is 6.35. The van der Waals surface area contributed by atoms with Gasteiger partial charge in [-0.2, -0.15) is 0 Å². The first-order valence-electron chi connectivity index (χ1n) is 5.51. The number of aromatic hydroxyl groups is 1. The van der Waals surface area contributed by atoms with Crippen molar-refractivity contribution in [3.05, 3.63) is 29.8 Å². The number of thioether (sulfide) groups is 1. The van der Waals surface area contributed by atoms with Crippen LogP contribution in [0.15, 0.2) is 24.3 Å². The smallest absolute Gasteiger partial charge is 0.507 e. The average Bonchev–Trinajstić information content (AvgIpc) is 2.54. The maximum Gasteiger partial charge on any atom is 0.507 e. The number of phenols is 1. The van der Waals surface area contributed by atoms with E-state index >= 15 is 0 Å². The van der Waals surface area contributed by atoms with Crippen LogP contribution in [0, 0.1) is 0 Å². The highest BCUT2D eigenvalue weighted by Crippen LogP contribution is 2.47. The summed E-state index contributed by atoms with van der Waals surface area (Å²) < 4.78 is 4.42. The molecule has 1 fully saturated rings. The van der Waals surface area contributed by atoms with Gasteiger partial charge in [-0.05, 0) is 19.9 Å². The van der Waals surface area contributed by atoms with Gasteiger partial charge in [0.1, 0.15) is 5.75 Å². The monoisotopic (exact) mass is 269 g/mol. The minimum atomic E-state index is -1.31. The Morgan fingerprint density at radius 2 is 2.11 bits per heavy atom. The van der Waals surface area contributed by atoms with Crippen LogP contribution in [0.25, 0.3) is 0 Å². The summed E-state index contributed by atoms with van der Waals surface area (Å²) in [5, 5.41) is 21.4. The lowest BCUT2D eigenvalue weighted by Crippen LogP contribution is -2.40. The molecule has 0 bridgehead atoms. The number of ether oxygens (including phenoxy) is 1. The molecule has 0 amide bonds. The first kappa shape index (κ1) is 13.0. The Bertz CT molecular complexity index is 463. The van der Waals surface area contributed by atoms with Gasteiger partial charge in [-0.15, -0.1) is 11.8 Å². The lowest BCUT2D eigenvalue weighted by atomic mass is 10.1. The Hall–Kier alpha value is -1.40. The van der Waals surface area contributed by atoms with Crippen molar-refractivity contribution < 1.29 is 19.7 Å². The SMILES string of the molecule is CC1(C)SC(c2ccccc2O)N[C@H]1OC(=O)O. The predicted molar refractivity (Wildman–Crippen MR) is 68.6 cm³/mol. The van der Waals surface area contributed by atoms with E-state index in [4.69, 9.17) is 9.84 Å². The summed E-state index contributed by atoms with van der Waals surface area (Å²) in [5.41, 5.74) is 0.729. The molecular formula is C12H15NO4S. The molecule has 1 saturated heterocycles. The van der Waals surface area contributed by atoms with Gasteiger partial charge in [-0.25, -0.2) is 4.79 Å². The maximum absolute atomic E-state index is 10.6. The van der Waals surface area contributed by atoms with Gasteiger partial charge in [0, 0.05) is 5.56 Å². The summed E-state index contributed by atoms with van der Waals surface area (Å²) in [7, 11) is 0. The van der Waals surface area contributed by atoms with Crippen molar-refractivity contribution in [2.75, 3.05) is 0 Å². The molecule has 3 N–H and O–H groups in total. The van der Waals surface area contributed by atoms with Crippen LogP contribution >= 0.6 is 11.8 Å². The molecule has 2 rings (SSSR count). The number of benzene rings is 1. The van der Waals surface area contributed by atoms with Gasteiger partial charge in [-0.1, -0.05) is 18.2 Å². The van der Waals surface area contributed by atoms with Crippen LogP contribution < -0.4 is 5.32 Å². The third kappa shape index (κ3) is 2.54. The van der Waals surface area contributed by atoms with E-state index in [-0.39, 0.29) is 11.1 Å². The van der Waals surface area contributed by atoms with Crippen molar-refractivity contribution >= 4 is 17.9 Å². The second kappa shape index (κ2) is 4.70. The molecule has 98 valence electrons. The fourth-order valence-electron chi connectivity index (χ4n) is 1.88. The molecule has 0 aliphatic carbocycles. The van der Waals surface area contributed by atoms with Crippen LogP contribution in [-0.2, 0) is 4.74 Å². The summed E-state index contributed by atoms with van der Waals surface area (Å²) in [5.74, 6) is 0.189. The van der Waals surface area contributed by atoms with Gasteiger partial charge >= 0.3 is 6.16 Å². The lowest BCUT2D eigenvalue weighted by Gasteiger charge is -2.23. The van der Waals surface area contributed by atoms with Crippen LogP contribution in [0.5, 0.6) is 5.75 Å². The van der Waals surface area contributed by atoms with E-state index in [1.807, 2.05) is 19.9 Å². The molecule has 6 heteroatoms. The summed E-state index contributed by atoms with van der Waals surface area (Å²) in [6.07, 6.45) is -1.91. The molecule has 2 atom stereocenters. The number of nitrogens with one attached hydrogen (secondary N) is 1. The Balaban J connectivity index is 2.20. The third-order valence-corrected chi connectivity index (χ3v) is 4.24. The fourth-order valence-corrected chi connectivity index (χ4v) is 3.24. The zero-order valence-electron chi connectivity index (χ0n) is 10.1. The topological polar surface area (TPSA) is 78.8 Å². The fraction of sp³-hybridized carbons (Fsp3) is 0.417. The van der Waals surface area contributed by atoms with Crippen LogP contribution in [0.1, 0.15) is 24.8 Å². The quantitative estimate of drug-likeness (QED) is 0.716. The normalized spacial score (nSPS) is 25.9. The molecule has 1 unspecified atom stereocenters.